The summed E-state index contributed by atoms with van der Waals surface area (Å²) in [5, 5.41) is 7.68. The second-order valence-corrected chi connectivity index (χ2v) is 4.48. The van der Waals surface area contributed by atoms with Gasteiger partial charge in [-0.1, -0.05) is 6.42 Å². The highest BCUT2D eigenvalue weighted by Crippen LogP contribution is 2.12. The van der Waals surface area contributed by atoms with E-state index in [2.05, 4.69) is 31.3 Å². The lowest BCUT2D eigenvalue weighted by molar-refractivity contribution is 0.390. The molecule has 1 aromatic rings. The third-order valence-electron chi connectivity index (χ3n) is 2.67. The van der Waals surface area contributed by atoms with Gasteiger partial charge in [0.15, 0.2) is 0 Å². The summed E-state index contributed by atoms with van der Waals surface area (Å²) in [6, 6.07) is 0.582. The van der Waals surface area contributed by atoms with Crippen molar-refractivity contribution in [2.75, 3.05) is 6.54 Å². The van der Waals surface area contributed by atoms with Crippen molar-refractivity contribution in [1.29, 1.82) is 0 Å². The molecule has 5 heteroatoms. The number of nitrogens with zero attached hydrogens (tertiary/aromatic N) is 3. The minimum absolute atomic E-state index is 0.582. The maximum Gasteiger partial charge on any atom is 0.217 e. The fraction of sp³-hybridized carbons (Fsp3) is 0.778. The molecule has 2 rings (SSSR count). The molecule has 1 aromatic heterocycles. The van der Waals surface area contributed by atoms with Crippen LogP contribution in [0.5, 0.6) is 0 Å². The van der Waals surface area contributed by atoms with E-state index in [1.807, 2.05) is 11.7 Å². The summed E-state index contributed by atoms with van der Waals surface area (Å²) in [5.74, 6) is 1.05. The molecule has 78 valence electrons. The molecule has 0 aromatic carbocycles. The van der Waals surface area contributed by atoms with E-state index in [1.54, 1.807) is 0 Å². The van der Waals surface area contributed by atoms with Crippen molar-refractivity contribution in [3.8, 4) is 0 Å². The number of rotatable bonds is 2. The first-order valence-electron chi connectivity index (χ1n) is 5.04. The van der Waals surface area contributed by atoms with Gasteiger partial charge in [0.2, 0.25) is 4.73 Å². The van der Waals surface area contributed by atoms with E-state index < -0.39 is 0 Å². The molecule has 2 heterocycles. The lowest BCUT2D eigenvalue weighted by atomic mass is 10.0. The number of hydrogen-bond donors (Lipinski definition) is 1. The first-order valence-corrected chi connectivity index (χ1v) is 5.84. The fourth-order valence-corrected chi connectivity index (χ4v) is 2.32. The van der Waals surface area contributed by atoms with Crippen molar-refractivity contribution in [1.82, 2.24) is 20.1 Å². The minimum Gasteiger partial charge on any atom is -0.314 e. The Bertz CT molecular complexity index is 304. The molecule has 4 nitrogen and oxygen atoms in total. The Hall–Kier alpha value is -0.420. The fourth-order valence-electron chi connectivity index (χ4n) is 1.88. The summed E-state index contributed by atoms with van der Waals surface area (Å²) < 4.78 is 2.53. The van der Waals surface area contributed by atoms with E-state index in [0.29, 0.717) is 10.8 Å². The van der Waals surface area contributed by atoms with Gasteiger partial charge in [-0.3, -0.25) is 4.68 Å². The number of piperidine rings is 1. The first kappa shape index (κ1) is 10.1. The predicted molar refractivity (Wildman–Crippen MR) is 58.0 cm³/mol. The van der Waals surface area contributed by atoms with Gasteiger partial charge in [-0.05, 0) is 35.3 Å². The van der Waals surface area contributed by atoms with Gasteiger partial charge in [0, 0.05) is 19.5 Å². The predicted octanol–water partition coefficient (Wildman–Crippen LogP) is 1.26. The van der Waals surface area contributed by atoms with E-state index in [0.717, 1.165) is 18.8 Å². The smallest absolute Gasteiger partial charge is 0.217 e. The second-order valence-electron chi connectivity index (χ2n) is 3.77. The standard InChI is InChI=1S/C9H15BrN4/c1-14-8(12-9(10)13-14)6-7-4-2-3-5-11-7/h7,11H,2-6H2,1H3. The van der Waals surface area contributed by atoms with E-state index in [9.17, 15) is 0 Å². The van der Waals surface area contributed by atoms with Gasteiger partial charge in [0.05, 0.1) is 0 Å². The van der Waals surface area contributed by atoms with Crippen LogP contribution in [-0.4, -0.2) is 27.4 Å². The summed E-state index contributed by atoms with van der Waals surface area (Å²) in [7, 11) is 1.94. The zero-order valence-corrected chi connectivity index (χ0v) is 9.92. The van der Waals surface area contributed by atoms with Crippen LogP contribution in [0.2, 0.25) is 0 Å². The van der Waals surface area contributed by atoms with Crippen LogP contribution in [0.1, 0.15) is 25.1 Å². The number of nitrogens with one attached hydrogen (secondary N) is 1. The highest BCUT2D eigenvalue weighted by molar-refractivity contribution is 9.10. The average molecular weight is 259 g/mol. The molecular weight excluding hydrogens is 244 g/mol. The van der Waals surface area contributed by atoms with Crippen molar-refractivity contribution >= 4 is 15.9 Å². The molecule has 0 spiro atoms. The quantitative estimate of drug-likeness (QED) is 0.869. The van der Waals surface area contributed by atoms with Crippen molar-refractivity contribution in [3.63, 3.8) is 0 Å². The molecule has 1 saturated heterocycles. The molecule has 0 aliphatic carbocycles. The number of aryl methyl sites for hydroxylation is 1. The van der Waals surface area contributed by atoms with Crippen molar-refractivity contribution < 1.29 is 0 Å². The SMILES string of the molecule is Cn1nc(Br)nc1CC1CCCCN1. The summed E-state index contributed by atoms with van der Waals surface area (Å²) >= 11 is 3.28. The van der Waals surface area contributed by atoms with Gasteiger partial charge in [0.1, 0.15) is 5.82 Å². The van der Waals surface area contributed by atoms with Crippen LogP contribution >= 0.6 is 15.9 Å². The normalized spacial score (nSPS) is 22.6. The largest absolute Gasteiger partial charge is 0.314 e. The van der Waals surface area contributed by atoms with Crippen LogP contribution < -0.4 is 5.32 Å². The highest BCUT2D eigenvalue weighted by atomic mass is 79.9. The van der Waals surface area contributed by atoms with Gasteiger partial charge in [-0.15, -0.1) is 5.10 Å². The molecule has 0 amide bonds. The third-order valence-corrected chi connectivity index (χ3v) is 3.00. The molecule has 1 aliphatic heterocycles. The molecule has 14 heavy (non-hydrogen) atoms. The van der Waals surface area contributed by atoms with Gasteiger partial charge >= 0.3 is 0 Å². The Balaban J connectivity index is 1.98. The van der Waals surface area contributed by atoms with Gasteiger partial charge in [-0.2, -0.15) is 0 Å². The van der Waals surface area contributed by atoms with E-state index in [1.165, 1.54) is 19.3 Å². The Labute approximate surface area is 92.2 Å². The summed E-state index contributed by atoms with van der Waals surface area (Å²) in [5.41, 5.74) is 0. The summed E-state index contributed by atoms with van der Waals surface area (Å²) in [4.78, 5) is 4.33. The van der Waals surface area contributed by atoms with Crippen LogP contribution in [0.4, 0.5) is 0 Å². The Morgan fingerprint density at radius 3 is 3.00 bits per heavy atom. The van der Waals surface area contributed by atoms with E-state index in [4.69, 9.17) is 0 Å². The lowest BCUT2D eigenvalue weighted by Gasteiger charge is -2.22. The van der Waals surface area contributed by atoms with Crippen LogP contribution in [-0.2, 0) is 13.5 Å². The van der Waals surface area contributed by atoms with Crippen LogP contribution in [0.3, 0.4) is 0 Å². The molecule has 1 aliphatic rings. The number of halogens is 1. The highest BCUT2D eigenvalue weighted by Gasteiger charge is 2.16. The van der Waals surface area contributed by atoms with Crippen molar-refractivity contribution in [3.05, 3.63) is 10.6 Å². The number of hydrogen-bond acceptors (Lipinski definition) is 3. The van der Waals surface area contributed by atoms with Gasteiger partial charge < -0.3 is 5.32 Å². The number of aromatic nitrogens is 3. The molecule has 1 N–H and O–H groups in total. The Morgan fingerprint density at radius 2 is 2.43 bits per heavy atom. The summed E-state index contributed by atoms with van der Waals surface area (Å²) in [6.45, 7) is 1.14. The van der Waals surface area contributed by atoms with Crippen LogP contribution in [0, 0.1) is 0 Å². The van der Waals surface area contributed by atoms with E-state index in [-0.39, 0.29) is 0 Å². The molecule has 0 radical (unpaired) electrons. The van der Waals surface area contributed by atoms with Crippen molar-refractivity contribution in [2.24, 2.45) is 7.05 Å². The maximum absolute atomic E-state index is 4.33. The molecule has 1 fully saturated rings. The zero-order valence-electron chi connectivity index (χ0n) is 8.33. The first-order chi connectivity index (χ1) is 6.75. The lowest BCUT2D eigenvalue weighted by Crippen LogP contribution is -2.36. The van der Waals surface area contributed by atoms with E-state index >= 15 is 0 Å². The minimum atomic E-state index is 0.582. The van der Waals surface area contributed by atoms with Crippen molar-refractivity contribution in [2.45, 2.75) is 31.7 Å². The zero-order chi connectivity index (χ0) is 9.97. The average Bonchev–Trinajstić information content (AvgIpc) is 2.47. The topological polar surface area (TPSA) is 42.7 Å². The molecule has 1 unspecified atom stereocenters. The third kappa shape index (κ3) is 2.33. The Kier molecular flexibility index (Phi) is 3.18. The molecule has 0 bridgehead atoms. The van der Waals surface area contributed by atoms with Crippen LogP contribution in [0.15, 0.2) is 4.73 Å². The Morgan fingerprint density at radius 1 is 1.57 bits per heavy atom. The molecule has 0 saturated carbocycles. The molecular formula is C9H15BrN4. The second kappa shape index (κ2) is 4.40. The monoisotopic (exact) mass is 258 g/mol. The molecule has 1 atom stereocenters. The maximum atomic E-state index is 4.33. The van der Waals surface area contributed by atoms with Crippen LogP contribution in [0.25, 0.3) is 0 Å². The van der Waals surface area contributed by atoms with Gasteiger partial charge in [0.25, 0.3) is 0 Å². The summed E-state index contributed by atoms with van der Waals surface area (Å²) in [6.07, 6.45) is 4.87. The van der Waals surface area contributed by atoms with Gasteiger partial charge in [-0.25, -0.2) is 4.98 Å².